The molecular weight excluding hydrogens is 371 g/mol. The molecule has 154 valence electrons. The molecule has 0 saturated carbocycles. The molecule has 5 nitrogen and oxygen atoms in total. The topological polar surface area (TPSA) is 49.9 Å². The molecule has 3 rings (SSSR count). The van der Waals surface area contributed by atoms with Crippen molar-refractivity contribution >= 4 is 11.8 Å². The molecule has 0 bridgehead atoms. The molecule has 0 unspecified atom stereocenters. The van der Waals surface area contributed by atoms with Crippen LogP contribution in [0.4, 0.5) is 4.39 Å². The molecular formula is C23H27FN2O3. The van der Waals surface area contributed by atoms with Crippen molar-refractivity contribution in [3.8, 4) is 0 Å². The van der Waals surface area contributed by atoms with Crippen LogP contribution in [0.5, 0.6) is 0 Å². The van der Waals surface area contributed by atoms with Gasteiger partial charge in [0.2, 0.25) is 5.91 Å². The SMILES string of the molecule is O=C(CCCOCCc1ccccc1)N1CCN(C(=O)c2cccc(F)c2)CC1. The van der Waals surface area contributed by atoms with Crippen molar-refractivity contribution < 1.29 is 18.7 Å². The zero-order valence-corrected chi connectivity index (χ0v) is 16.6. The molecule has 1 saturated heterocycles. The van der Waals surface area contributed by atoms with Crippen molar-refractivity contribution in [1.82, 2.24) is 9.80 Å². The first-order valence-electron chi connectivity index (χ1n) is 10.1. The molecule has 29 heavy (non-hydrogen) atoms. The Hall–Kier alpha value is -2.73. The zero-order valence-electron chi connectivity index (χ0n) is 16.6. The van der Waals surface area contributed by atoms with E-state index in [0.29, 0.717) is 57.8 Å². The number of hydrogen-bond donors (Lipinski definition) is 0. The maximum Gasteiger partial charge on any atom is 0.254 e. The highest BCUT2D eigenvalue weighted by Crippen LogP contribution is 2.11. The lowest BCUT2D eigenvalue weighted by Gasteiger charge is -2.35. The Bertz CT molecular complexity index is 805. The summed E-state index contributed by atoms with van der Waals surface area (Å²) in [7, 11) is 0. The molecule has 0 N–H and O–H groups in total. The van der Waals surface area contributed by atoms with Crippen LogP contribution in [-0.4, -0.2) is 61.0 Å². The lowest BCUT2D eigenvalue weighted by Crippen LogP contribution is -2.50. The van der Waals surface area contributed by atoms with Crippen LogP contribution in [-0.2, 0) is 16.0 Å². The number of amides is 2. The summed E-state index contributed by atoms with van der Waals surface area (Å²) in [6, 6.07) is 15.9. The molecule has 0 atom stereocenters. The first-order valence-corrected chi connectivity index (χ1v) is 10.1. The summed E-state index contributed by atoms with van der Waals surface area (Å²) in [5.74, 6) is -0.520. The van der Waals surface area contributed by atoms with Gasteiger partial charge in [-0.05, 0) is 36.6 Å². The van der Waals surface area contributed by atoms with Crippen molar-refractivity contribution in [1.29, 1.82) is 0 Å². The first kappa shape index (κ1) is 21.0. The average Bonchev–Trinajstić information content (AvgIpc) is 2.76. The minimum Gasteiger partial charge on any atom is -0.381 e. The summed E-state index contributed by atoms with van der Waals surface area (Å²) >= 11 is 0. The van der Waals surface area contributed by atoms with Crippen LogP contribution >= 0.6 is 0 Å². The fourth-order valence-corrected chi connectivity index (χ4v) is 3.38. The number of halogens is 1. The third kappa shape index (κ3) is 6.39. The first-order chi connectivity index (χ1) is 14.1. The second kappa shape index (κ2) is 10.7. The van der Waals surface area contributed by atoms with Gasteiger partial charge in [-0.3, -0.25) is 9.59 Å². The normalized spacial score (nSPS) is 14.1. The van der Waals surface area contributed by atoms with Gasteiger partial charge in [0.1, 0.15) is 5.82 Å². The summed E-state index contributed by atoms with van der Waals surface area (Å²) in [4.78, 5) is 28.3. The van der Waals surface area contributed by atoms with Crippen molar-refractivity contribution in [2.24, 2.45) is 0 Å². The van der Waals surface area contributed by atoms with E-state index in [2.05, 4.69) is 12.1 Å². The predicted molar refractivity (Wildman–Crippen MR) is 109 cm³/mol. The van der Waals surface area contributed by atoms with Gasteiger partial charge >= 0.3 is 0 Å². The molecule has 0 radical (unpaired) electrons. The summed E-state index contributed by atoms with van der Waals surface area (Å²) in [6.07, 6.45) is 2.01. The van der Waals surface area contributed by atoms with Crippen molar-refractivity contribution in [3.63, 3.8) is 0 Å². The van der Waals surface area contributed by atoms with Gasteiger partial charge in [-0.1, -0.05) is 36.4 Å². The fourth-order valence-electron chi connectivity index (χ4n) is 3.38. The molecule has 0 aromatic heterocycles. The lowest BCUT2D eigenvalue weighted by atomic mass is 10.1. The highest BCUT2D eigenvalue weighted by molar-refractivity contribution is 5.94. The number of carbonyl (C=O) groups excluding carboxylic acids is 2. The number of rotatable bonds is 8. The summed E-state index contributed by atoms with van der Waals surface area (Å²) in [5.41, 5.74) is 1.59. The molecule has 1 aliphatic rings. The Labute approximate surface area is 171 Å². The molecule has 0 aliphatic carbocycles. The van der Waals surface area contributed by atoms with Crippen LogP contribution < -0.4 is 0 Å². The molecule has 6 heteroatoms. The lowest BCUT2D eigenvalue weighted by molar-refractivity contribution is -0.133. The number of hydrogen-bond acceptors (Lipinski definition) is 3. The van der Waals surface area contributed by atoms with E-state index < -0.39 is 5.82 Å². The molecule has 1 aliphatic heterocycles. The third-order valence-electron chi connectivity index (χ3n) is 5.05. The molecule has 2 aromatic rings. The van der Waals surface area contributed by atoms with Crippen LogP contribution in [0.1, 0.15) is 28.8 Å². The van der Waals surface area contributed by atoms with Gasteiger partial charge in [0.05, 0.1) is 6.61 Å². The van der Waals surface area contributed by atoms with Crippen molar-refractivity contribution in [2.45, 2.75) is 19.3 Å². The Kier molecular flexibility index (Phi) is 7.76. The van der Waals surface area contributed by atoms with Crippen LogP contribution in [0.25, 0.3) is 0 Å². The zero-order chi connectivity index (χ0) is 20.5. The largest absolute Gasteiger partial charge is 0.381 e. The summed E-state index contributed by atoms with van der Waals surface area (Å²) in [6.45, 7) is 3.17. The number of ether oxygens (including phenoxy) is 1. The van der Waals surface area contributed by atoms with E-state index in [1.807, 2.05) is 18.2 Å². The smallest absolute Gasteiger partial charge is 0.254 e. The quantitative estimate of drug-likeness (QED) is 0.642. The van der Waals surface area contributed by atoms with E-state index >= 15 is 0 Å². The number of carbonyl (C=O) groups is 2. The summed E-state index contributed by atoms with van der Waals surface area (Å²) < 4.78 is 18.9. The van der Waals surface area contributed by atoms with E-state index in [-0.39, 0.29) is 11.8 Å². The number of nitrogens with zero attached hydrogens (tertiary/aromatic N) is 2. The minimum absolute atomic E-state index is 0.0921. The van der Waals surface area contributed by atoms with Gasteiger partial charge in [0, 0.05) is 44.8 Å². The van der Waals surface area contributed by atoms with E-state index in [9.17, 15) is 14.0 Å². The molecule has 2 amide bonds. The van der Waals surface area contributed by atoms with E-state index in [4.69, 9.17) is 4.74 Å². The highest BCUT2D eigenvalue weighted by Gasteiger charge is 2.24. The predicted octanol–water partition coefficient (Wildman–Crippen LogP) is 3.15. The monoisotopic (exact) mass is 398 g/mol. The Morgan fingerprint density at radius 2 is 1.62 bits per heavy atom. The second-order valence-electron chi connectivity index (χ2n) is 7.13. The molecule has 1 heterocycles. The molecule has 1 fully saturated rings. The summed E-state index contributed by atoms with van der Waals surface area (Å²) in [5, 5.41) is 0. The van der Waals surface area contributed by atoms with Crippen LogP contribution in [0.2, 0.25) is 0 Å². The van der Waals surface area contributed by atoms with Gasteiger partial charge in [0.25, 0.3) is 5.91 Å². The van der Waals surface area contributed by atoms with Gasteiger partial charge in [-0.25, -0.2) is 4.39 Å². The van der Waals surface area contributed by atoms with E-state index in [1.54, 1.807) is 15.9 Å². The van der Waals surface area contributed by atoms with Gasteiger partial charge in [-0.2, -0.15) is 0 Å². The number of piperazine rings is 1. The van der Waals surface area contributed by atoms with E-state index in [1.165, 1.54) is 23.8 Å². The maximum absolute atomic E-state index is 13.3. The van der Waals surface area contributed by atoms with Crippen molar-refractivity contribution in [3.05, 3.63) is 71.5 Å². The average molecular weight is 398 g/mol. The van der Waals surface area contributed by atoms with Gasteiger partial charge < -0.3 is 14.5 Å². The Morgan fingerprint density at radius 1 is 0.897 bits per heavy atom. The van der Waals surface area contributed by atoms with Gasteiger partial charge in [-0.15, -0.1) is 0 Å². The Balaban J connectivity index is 1.31. The van der Waals surface area contributed by atoms with Gasteiger partial charge in [0.15, 0.2) is 0 Å². The number of benzene rings is 2. The molecule has 0 spiro atoms. The van der Waals surface area contributed by atoms with Crippen LogP contribution in [0, 0.1) is 5.82 Å². The Morgan fingerprint density at radius 3 is 2.34 bits per heavy atom. The van der Waals surface area contributed by atoms with Crippen LogP contribution in [0.3, 0.4) is 0 Å². The highest BCUT2D eigenvalue weighted by atomic mass is 19.1. The second-order valence-corrected chi connectivity index (χ2v) is 7.13. The van der Waals surface area contributed by atoms with Crippen LogP contribution in [0.15, 0.2) is 54.6 Å². The van der Waals surface area contributed by atoms with Crippen molar-refractivity contribution in [2.75, 3.05) is 39.4 Å². The fraction of sp³-hybridized carbons (Fsp3) is 0.391. The minimum atomic E-state index is -0.421. The molecule has 2 aromatic carbocycles. The standard InChI is InChI=1S/C23H27FN2O3/c24-21-9-4-8-20(18-21)23(28)26-14-12-25(13-15-26)22(27)10-5-16-29-17-11-19-6-2-1-3-7-19/h1-4,6-9,18H,5,10-17H2. The maximum atomic E-state index is 13.3. The third-order valence-corrected chi connectivity index (χ3v) is 5.05. The van der Waals surface area contributed by atoms with E-state index in [0.717, 1.165) is 6.42 Å².